The molecule has 0 aliphatic carbocycles. The fourth-order valence-corrected chi connectivity index (χ4v) is 2.02. The molecule has 0 bridgehead atoms. The minimum atomic E-state index is -0.352. The first kappa shape index (κ1) is 10.4. The van der Waals surface area contributed by atoms with E-state index in [4.69, 9.17) is 17.0 Å². The van der Waals surface area contributed by atoms with Crippen LogP contribution in [-0.2, 0) is 16.0 Å². The van der Waals surface area contributed by atoms with Gasteiger partial charge in [-0.3, -0.25) is 15.0 Å². The lowest BCUT2D eigenvalue weighted by molar-refractivity contribution is -0.148. The number of carbonyl (C=O) groups is 1. The molecule has 0 spiro atoms. The highest BCUT2D eigenvalue weighted by molar-refractivity contribution is 7.71. The largest absolute Gasteiger partial charge is 0.459 e. The summed E-state index contributed by atoms with van der Waals surface area (Å²) in [5.74, 6) is 0.441. The van der Waals surface area contributed by atoms with Crippen LogP contribution in [0.2, 0.25) is 0 Å². The number of ether oxygens (including phenoxy) is 1. The lowest BCUT2D eigenvalue weighted by atomic mass is 9.95. The van der Waals surface area contributed by atoms with Crippen LogP contribution in [0, 0.1) is 10.7 Å². The summed E-state index contributed by atoms with van der Waals surface area (Å²) in [4.78, 5) is 15.6. The highest BCUT2D eigenvalue weighted by atomic mass is 32.1. The van der Waals surface area contributed by atoms with Crippen molar-refractivity contribution in [1.29, 1.82) is 0 Å². The van der Waals surface area contributed by atoms with E-state index in [1.165, 1.54) is 0 Å². The molecule has 82 valence electrons. The van der Waals surface area contributed by atoms with Gasteiger partial charge in [-0.25, -0.2) is 4.98 Å². The van der Waals surface area contributed by atoms with Crippen molar-refractivity contribution < 1.29 is 9.53 Å². The number of rotatable bonds is 2. The smallest absolute Gasteiger partial charge is 0.310 e. The molecule has 1 aromatic rings. The van der Waals surface area contributed by atoms with Gasteiger partial charge in [-0.05, 0) is 26.1 Å². The molecular formula is C9H13N3O2S. The molecule has 0 radical (unpaired) electrons. The maximum Gasteiger partial charge on any atom is 0.310 e. The number of aromatic nitrogens is 3. The van der Waals surface area contributed by atoms with Crippen LogP contribution in [0.15, 0.2) is 0 Å². The first-order valence-corrected chi connectivity index (χ1v) is 5.23. The van der Waals surface area contributed by atoms with Gasteiger partial charge in [0.1, 0.15) is 11.4 Å². The van der Waals surface area contributed by atoms with Gasteiger partial charge in [0.15, 0.2) is 0 Å². The summed E-state index contributed by atoms with van der Waals surface area (Å²) in [7, 11) is 0. The van der Waals surface area contributed by atoms with Gasteiger partial charge < -0.3 is 4.74 Å². The SMILES string of the molecule is CC1(C)C[C@@H](Cc2nc(=S)[nH][nH]2)C(=O)O1. The molecule has 1 atom stereocenters. The van der Waals surface area contributed by atoms with Crippen LogP contribution in [-0.4, -0.2) is 26.8 Å². The molecule has 6 heteroatoms. The molecule has 1 aliphatic rings. The van der Waals surface area contributed by atoms with Gasteiger partial charge in [-0.1, -0.05) is 0 Å². The van der Waals surface area contributed by atoms with Crippen LogP contribution in [0.5, 0.6) is 0 Å². The van der Waals surface area contributed by atoms with Gasteiger partial charge in [0, 0.05) is 12.8 Å². The summed E-state index contributed by atoms with van der Waals surface area (Å²) in [6.45, 7) is 3.83. The summed E-state index contributed by atoms with van der Waals surface area (Å²) < 4.78 is 5.64. The zero-order chi connectivity index (χ0) is 11.1. The topological polar surface area (TPSA) is 70.8 Å². The zero-order valence-corrected chi connectivity index (χ0v) is 9.48. The Bertz CT molecular complexity index is 435. The molecule has 15 heavy (non-hydrogen) atoms. The third-order valence-corrected chi connectivity index (χ3v) is 2.63. The lowest BCUT2D eigenvalue weighted by Crippen LogP contribution is -2.17. The summed E-state index contributed by atoms with van der Waals surface area (Å²) in [6, 6.07) is 0. The van der Waals surface area contributed by atoms with Crippen LogP contribution < -0.4 is 0 Å². The first-order valence-electron chi connectivity index (χ1n) is 4.83. The Morgan fingerprint density at radius 2 is 2.33 bits per heavy atom. The van der Waals surface area contributed by atoms with Crippen molar-refractivity contribution >= 4 is 18.2 Å². The predicted molar refractivity (Wildman–Crippen MR) is 55.8 cm³/mol. The quantitative estimate of drug-likeness (QED) is 0.591. The van der Waals surface area contributed by atoms with Crippen molar-refractivity contribution in [2.45, 2.75) is 32.3 Å². The number of aromatic amines is 2. The maximum absolute atomic E-state index is 11.5. The second kappa shape index (κ2) is 3.44. The Morgan fingerprint density at radius 1 is 1.60 bits per heavy atom. The molecule has 2 rings (SSSR count). The van der Waals surface area contributed by atoms with Crippen LogP contribution in [0.3, 0.4) is 0 Å². The number of hydrogen-bond acceptors (Lipinski definition) is 4. The number of hydrogen-bond donors (Lipinski definition) is 2. The highest BCUT2D eigenvalue weighted by Gasteiger charge is 2.40. The van der Waals surface area contributed by atoms with Gasteiger partial charge in [0.25, 0.3) is 0 Å². The van der Waals surface area contributed by atoms with E-state index in [9.17, 15) is 4.79 Å². The van der Waals surface area contributed by atoms with Gasteiger partial charge in [-0.15, -0.1) is 0 Å². The van der Waals surface area contributed by atoms with Crippen LogP contribution in [0.25, 0.3) is 0 Å². The van der Waals surface area contributed by atoms with Crippen molar-refractivity contribution in [2.75, 3.05) is 0 Å². The molecule has 0 saturated carbocycles. The normalized spacial score (nSPS) is 24.1. The van der Waals surface area contributed by atoms with E-state index in [1.54, 1.807) is 0 Å². The molecule has 1 aromatic heterocycles. The number of nitrogens with one attached hydrogen (secondary N) is 2. The van der Waals surface area contributed by atoms with Gasteiger partial charge >= 0.3 is 5.97 Å². The monoisotopic (exact) mass is 227 g/mol. The number of carbonyl (C=O) groups excluding carboxylic acids is 1. The standard InChI is InChI=1S/C9H13N3O2S/c1-9(2)4-5(7(13)14-9)3-6-10-8(15)12-11-6/h5H,3-4H2,1-2H3,(H2,10,11,12,15)/t5-/m1/s1. The fraction of sp³-hybridized carbons (Fsp3) is 0.667. The number of esters is 1. The number of H-pyrrole nitrogens is 2. The third kappa shape index (κ3) is 2.26. The van der Waals surface area contributed by atoms with E-state index >= 15 is 0 Å². The van der Waals surface area contributed by atoms with E-state index in [2.05, 4.69) is 15.2 Å². The second-order valence-electron chi connectivity index (χ2n) is 4.40. The Kier molecular flexibility index (Phi) is 2.38. The highest BCUT2D eigenvalue weighted by Crippen LogP contribution is 2.31. The van der Waals surface area contributed by atoms with Gasteiger partial charge in [0.2, 0.25) is 4.77 Å². The minimum absolute atomic E-state index is 0.117. The summed E-state index contributed by atoms with van der Waals surface area (Å²) in [6.07, 6.45) is 1.27. The van der Waals surface area contributed by atoms with Crippen molar-refractivity contribution in [2.24, 2.45) is 5.92 Å². The predicted octanol–water partition coefficient (Wildman–Crippen LogP) is 1.35. The molecule has 0 amide bonds. The Labute approximate surface area is 92.2 Å². The van der Waals surface area contributed by atoms with Crippen LogP contribution in [0.1, 0.15) is 26.1 Å². The first-order chi connectivity index (χ1) is 6.96. The molecule has 1 aliphatic heterocycles. The molecule has 2 heterocycles. The van der Waals surface area contributed by atoms with E-state index in [1.807, 2.05) is 13.8 Å². The van der Waals surface area contributed by atoms with E-state index in [0.29, 0.717) is 17.0 Å². The molecular weight excluding hydrogens is 214 g/mol. The van der Waals surface area contributed by atoms with Crippen molar-refractivity contribution in [3.63, 3.8) is 0 Å². The third-order valence-electron chi connectivity index (χ3n) is 2.44. The summed E-state index contributed by atoms with van der Waals surface area (Å²) in [5, 5.41) is 5.54. The van der Waals surface area contributed by atoms with E-state index in [0.717, 1.165) is 6.42 Å². The molecule has 0 aromatic carbocycles. The lowest BCUT2D eigenvalue weighted by Gasteiger charge is -2.14. The average molecular weight is 227 g/mol. The van der Waals surface area contributed by atoms with Crippen molar-refractivity contribution in [3.8, 4) is 0 Å². The Hall–Kier alpha value is -1.17. The number of cyclic esters (lactones) is 1. The molecule has 5 nitrogen and oxygen atoms in total. The van der Waals surface area contributed by atoms with E-state index in [-0.39, 0.29) is 17.5 Å². The van der Waals surface area contributed by atoms with Gasteiger partial charge in [0.05, 0.1) is 5.92 Å². The minimum Gasteiger partial charge on any atom is -0.459 e. The Morgan fingerprint density at radius 3 is 2.80 bits per heavy atom. The van der Waals surface area contributed by atoms with Crippen molar-refractivity contribution in [3.05, 3.63) is 10.6 Å². The second-order valence-corrected chi connectivity index (χ2v) is 4.79. The number of nitrogens with zero attached hydrogens (tertiary/aromatic N) is 1. The fourth-order valence-electron chi connectivity index (χ4n) is 1.86. The molecule has 1 fully saturated rings. The molecule has 0 unspecified atom stereocenters. The van der Waals surface area contributed by atoms with E-state index < -0.39 is 0 Å². The average Bonchev–Trinajstić information content (AvgIpc) is 2.58. The van der Waals surface area contributed by atoms with Crippen molar-refractivity contribution in [1.82, 2.24) is 15.2 Å². The van der Waals surface area contributed by atoms with Gasteiger partial charge in [-0.2, -0.15) is 0 Å². The maximum atomic E-state index is 11.5. The zero-order valence-electron chi connectivity index (χ0n) is 8.66. The summed E-state index contributed by atoms with van der Waals surface area (Å²) >= 11 is 4.83. The molecule has 1 saturated heterocycles. The van der Waals surface area contributed by atoms with Crippen LogP contribution >= 0.6 is 12.2 Å². The summed E-state index contributed by atoms with van der Waals surface area (Å²) in [5.41, 5.74) is -0.352. The Balaban J connectivity index is 2.08. The molecule has 2 N–H and O–H groups in total. The van der Waals surface area contributed by atoms with Crippen LogP contribution in [0.4, 0.5) is 0 Å².